The Morgan fingerprint density at radius 1 is 1.10 bits per heavy atom. The zero-order chi connectivity index (χ0) is 29.1. The fourth-order valence-electron chi connectivity index (χ4n) is 4.32. The van der Waals surface area contributed by atoms with Crippen LogP contribution in [0.1, 0.15) is 22.3 Å². The number of methoxy groups -OCH3 is 2. The van der Waals surface area contributed by atoms with Crippen LogP contribution < -0.4 is 19.9 Å². The third kappa shape index (κ3) is 5.98. The van der Waals surface area contributed by atoms with E-state index < -0.39 is 5.97 Å². The number of carbonyl (C=O) groups is 2. The van der Waals surface area contributed by atoms with E-state index in [9.17, 15) is 9.59 Å². The molecule has 1 aromatic heterocycles. The first-order valence-electron chi connectivity index (χ1n) is 12.4. The van der Waals surface area contributed by atoms with Gasteiger partial charge in [0.25, 0.3) is 11.9 Å². The Bertz CT molecular complexity index is 1700. The van der Waals surface area contributed by atoms with Crippen LogP contribution in [0.15, 0.2) is 63.9 Å². The second kappa shape index (κ2) is 11.9. The lowest BCUT2D eigenvalue weighted by Gasteiger charge is -2.15. The lowest BCUT2D eigenvalue weighted by Crippen LogP contribution is -2.29. The van der Waals surface area contributed by atoms with Crippen LogP contribution in [0.5, 0.6) is 17.2 Å². The zero-order valence-electron chi connectivity index (χ0n) is 22.1. The fourth-order valence-corrected chi connectivity index (χ4v) is 5.63. The Hall–Kier alpha value is -4.55. The highest BCUT2D eigenvalue weighted by atomic mass is 32.2. The van der Waals surface area contributed by atoms with Crippen LogP contribution in [0, 0.1) is 0 Å². The van der Waals surface area contributed by atoms with Gasteiger partial charge in [-0.25, -0.2) is 4.79 Å². The summed E-state index contributed by atoms with van der Waals surface area (Å²) in [5.41, 5.74) is 9.50. The standard InChI is InChI=1S/C29H25N3O7S2/c1-36-21-7-4-16(12-19(21)17-5-8-22-20(14-17)31-28(30)39-22)13-25-26(33)32(29(40)41-25)10-3-11-38-23-9-6-18(27(34)35)15-24(23)37-2/h4-9,12-15H,3,10-11H2,1-2H3,(H2,30,31)(H,34,35). The summed E-state index contributed by atoms with van der Waals surface area (Å²) in [6.45, 7) is 0.647. The molecule has 4 aromatic rings. The van der Waals surface area contributed by atoms with Gasteiger partial charge in [0.15, 0.2) is 17.1 Å². The molecule has 1 aliphatic rings. The summed E-state index contributed by atoms with van der Waals surface area (Å²) < 4.78 is 22.4. The van der Waals surface area contributed by atoms with Crippen molar-refractivity contribution in [2.75, 3.05) is 33.1 Å². The van der Waals surface area contributed by atoms with E-state index in [1.54, 1.807) is 30.2 Å². The number of aromatic carboxylic acids is 1. The molecule has 10 nitrogen and oxygen atoms in total. The SMILES string of the molecule is COc1cc(C(=O)O)ccc1OCCCN1C(=O)C(=Cc2ccc(OC)c(-c3ccc4oc(N)nc4c3)c2)SC1=S. The molecule has 1 saturated heterocycles. The number of thiocarbonyl (C=S) groups is 1. The van der Waals surface area contributed by atoms with Crippen molar-refractivity contribution < 1.29 is 33.3 Å². The molecule has 0 saturated carbocycles. The van der Waals surface area contributed by atoms with Gasteiger partial charge in [0, 0.05) is 12.1 Å². The van der Waals surface area contributed by atoms with Gasteiger partial charge in [-0.2, -0.15) is 4.98 Å². The number of amides is 1. The molecule has 12 heteroatoms. The van der Waals surface area contributed by atoms with Gasteiger partial charge in [0.2, 0.25) is 0 Å². The number of carbonyl (C=O) groups excluding carboxylic acids is 1. The number of anilines is 1. The van der Waals surface area contributed by atoms with Gasteiger partial charge in [0.1, 0.15) is 15.6 Å². The molecule has 210 valence electrons. The average Bonchev–Trinajstić information content (AvgIpc) is 3.47. The molecule has 0 aliphatic carbocycles. The molecule has 2 heterocycles. The zero-order valence-corrected chi connectivity index (χ0v) is 23.7. The first kappa shape index (κ1) is 28.0. The maximum atomic E-state index is 13.2. The first-order valence-corrected chi connectivity index (χ1v) is 13.6. The van der Waals surface area contributed by atoms with Crippen molar-refractivity contribution in [3.8, 4) is 28.4 Å². The molecule has 1 fully saturated rings. The Labute approximate surface area is 244 Å². The van der Waals surface area contributed by atoms with Crippen molar-refractivity contribution in [3.63, 3.8) is 0 Å². The summed E-state index contributed by atoms with van der Waals surface area (Å²) in [6, 6.07) is 15.7. The van der Waals surface area contributed by atoms with Crippen molar-refractivity contribution in [1.29, 1.82) is 0 Å². The van der Waals surface area contributed by atoms with Crippen LogP contribution in [0.25, 0.3) is 28.3 Å². The Kier molecular flexibility index (Phi) is 8.13. The highest BCUT2D eigenvalue weighted by molar-refractivity contribution is 8.26. The number of thioether (sulfide) groups is 1. The number of hydrogen-bond donors (Lipinski definition) is 2. The van der Waals surface area contributed by atoms with Gasteiger partial charge >= 0.3 is 5.97 Å². The molecule has 3 N–H and O–H groups in total. The minimum Gasteiger partial charge on any atom is -0.496 e. The molecule has 0 bridgehead atoms. The quantitative estimate of drug-likeness (QED) is 0.138. The highest BCUT2D eigenvalue weighted by Gasteiger charge is 2.31. The summed E-state index contributed by atoms with van der Waals surface area (Å²) in [4.78, 5) is 30.6. The summed E-state index contributed by atoms with van der Waals surface area (Å²) in [7, 11) is 3.04. The molecular formula is C29H25N3O7S2. The maximum absolute atomic E-state index is 13.2. The van der Waals surface area contributed by atoms with E-state index in [-0.39, 0.29) is 24.1 Å². The average molecular weight is 592 g/mol. The smallest absolute Gasteiger partial charge is 0.335 e. The maximum Gasteiger partial charge on any atom is 0.335 e. The number of rotatable bonds is 10. The molecule has 0 spiro atoms. The van der Waals surface area contributed by atoms with Crippen LogP contribution in [-0.4, -0.2) is 58.6 Å². The predicted octanol–water partition coefficient (Wildman–Crippen LogP) is 5.46. The summed E-state index contributed by atoms with van der Waals surface area (Å²) in [5.74, 6) is 0.174. The van der Waals surface area contributed by atoms with Crippen LogP contribution in [-0.2, 0) is 4.79 Å². The van der Waals surface area contributed by atoms with Crippen molar-refractivity contribution in [2.45, 2.75) is 6.42 Å². The second-order valence-electron chi connectivity index (χ2n) is 8.90. The van der Waals surface area contributed by atoms with Crippen LogP contribution >= 0.6 is 24.0 Å². The second-order valence-corrected chi connectivity index (χ2v) is 10.6. The van der Waals surface area contributed by atoms with Crippen molar-refractivity contribution in [3.05, 3.63) is 70.6 Å². The molecule has 5 rings (SSSR count). The number of hydrogen-bond acceptors (Lipinski definition) is 10. The van der Waals surface area contributed by atoms with Crippen molar-refractivity contribution in [1.82, 2.24) is 9.88 Å². The Morgan fingerprint density at radius 2 is 1.88 bits per heavy atom. The molecular weight excluding hydrogens is 566 g/mol. The van der Waals surface area contributed by atoms with Crippen LogP contribution in [0.2, 0.25) is 0 Å². The van der Waals surface area contributed by atoms with Gasteiger partial charge in [-0.05, 0) is 66.1 Å². The molecule has 1 aliphatic heterocycles. The highest BCUT2D eigenvalue weighted by Crippen LogP contribution is 2.37. The number of ether oxygens (including phenoxy) is 3. The van der Waals surface area contributed by atoms with E-state index in [0.717, 1.165) is 16.7 Å². The van der Waals surface area contributed by atoms with Crippen molar-refractivity contribution in [2.24, 2.45) is 0 Å². The number of oxazole rings is 1. The van der Waals surface area contributed by atoms with Gasteiger partial charge in [-0.3, -0.25) is 9.69 Å². The molecule has 0 radical (unpaired) electrons. The minimum absolute atomic E-state index is 0.0978. The lowest BCUT2D eigenvalue weighted by atomic mass is 10.0. The van der Waals surface area contributed by atoms with E-state index in [2.05, 4.69) is 4.98 Å². The van der Waals surface area contributed by atoms with E-state index in [1.165, 1.54) is 31.0 Å². The topological polar surface area (TPSA) is 137 Å². The number of fused-ring (bicyclic) bond motifs is 1. The lowest BCUT2D eigenvalue weighted by molar-refractivity contribution is -0.122. The third-order valence-electron chi connectivity index (χ3n) is 6.30. The number of nitrogen functional groups attached to an aromatic ring is 1. The molecule has 0 atom stereocenters. The summed E-state index contributed by atoms with van der Waals surface area (Å²) in [6.07, 6.45) is 2.31. The normalized spacial score (nSPS) is 14.2. The van der Waals surface area contributed by atoms with Crippen LogP contribution in [0.3, 0.4) is 0 Å². The van der Waals surface area contributed by atoms with Crippen molar-refractivity contribution >= 4 is 63.4 Å². The van der Waals surface area contributed by atoms with Crippen LogP contribution in [0.4, 0.5) is 6.01 Å². The number of nitrogens with two attached hydrogens (primary N) is 1. The number of carboxylic acid groups (broad SMARTS) is 1. The fraction of sp³-hybridized carbons (Fsp3) is 0.172. The van der Waals surface area contributed by atoms with Gasteiger partial charge < -0.3 is 29.5 Å². The number of carboxylic acids is 1. The largest absolute Gasteiger partial charge is 0.496 e. The summed E-state index contributed by atoms with van der Waals surface area (Å²) >= 11 is 6.73. The molecule has 0 unspecified atom stereocenters. The molecule has 3 aromatic carbocycles. The predicted molar refractivity (Wildman–Crippen MR) is 160 cm³/mol. The van der Waals surface area contributed by atoms with Gasteiger partial charge in [0.05, 0.1) is 31.3 Å². The van der Waals surface area contributed by atoms with Gasteiger partial charge in [-0.1, -0.05) is 36.1 Å². The first-order chi connectivity index (χ1) is 19.8. The van der Waals surface area contributed by atoms with E-state index in [0.29, 0.717) is 50.5 Å². The molecule has 41 heavy (non-hydrogen) atoms. The monoisotopic (exact) mass is 591 g/mol. The van der Waals surface area contributed by atoms with E-state index in [1.807, 2.05) is 30.3 Å². The Morgan fingerprint density at radius 3 is 2.63 bits per heavy atom. The number of nitrogens with zero attached hydrogens (tertiary/aromatic N) is 2. The minimum atomic E-state index is -1.05. The van der Waals surface area contributed by atoms with E-state index in [4.69, 9.17) is 41.7 Å². The van der Waals surface area contributed by atoms with Gasteiger partial charge in [-0.15, -0.1) is 0 Å². The Balaban J connectivity index is 1.27. The number of benzene rings is 3. The van der Waals surface area contributed by atoms with E-state index >= 15 is 0 Å². The summed E-state index contributed by atoms with van der Waals surface area (Å²) in [5, 5.41) is 9.15. The molecule has 1 amide bonds. The third-order valence-corrected chi connectivity index (χ3v) is 7.68. The number of aromatic nitrogens is 1.